The first-order chi connectivity index (χ1) is 9.40. The Hall–Kier alpha value is -0.190. The number of hydrogen-bond donors (Lipinski definition) is 1. The van der Waals surface area contributed by atoms with Gasteiger partial charge in [0.15, 0.2) is 0 Å². The third-order valence-corrected chi connectivity index (χ3v) is 6.41. The van der Waals surface area contributed by atoms with E-state index < -0.39 is 10.0 Å². The lowest BCUT2D eigenvalue weighted by atomic mass is 10.2. The van der Waals surface area contributed by atoms with Crippen LogP contribution in [0.25, 0.3) is 0 Å². The Morgan fingerprint density at radius 2 is 2.20 bits per heavy atom. The van der Waals surface area contributed by atoms with Crippen molar-refractivity contribution < 1.29 is 13.2 Å². The summed E-state index contributed by atoms with van der Waals surface area (Å²) < 4.78 is 26.4. The zero-order chi connectivity index (χ0) is 14.8. The first-order valence-electron chi connectivity index (χ1n) is 6.11. The van der Waals surface area contributed by atoms with Gasteiger partial charge in [-0.3, -0.25) is 4.79 Å². The monoisotopic (exact) mass is 472 g/mol. The Kier molecular flexibility index (Phi) is 5.43. The minimum atomic E-state index is -3.09. The molecule has 1 aromatic rings. The molecule has 0 aromatic heterocycles. The molecule has 8 heteroatoms. The maximum Gasteiger partial charge on any atom is 0.252 e. The summed E-state index contributed by atoms with van der Waals surface area (Å²) in [4.78, 5) is 12.0. The first kappa shape index (κ1) is 16.2. The largest absolute Gasteiger partial charge is 0.351 e. The topological polar surface area (TPSA) is 66.5 Å². The van der Waals surface area contributed by atoms with Crippen molar-refractivity contribution in [1.29, 1.82) is 0 Å². The van der Waals surface area contributed by atoms with Crippen LogP contribution < -0.4 is 5.32 Å². The fourth-order valence-corrected chi connectivity index (χ4v) is 4.47. The molecule has 0 aliphatic carbocycles. The van der Waals surface area contributed by atoms with Crippen LogP contribution >= 0.6 is 38.5 Å². The van der Waals surface area contributed by atoms with Gasteiger partial charge in [0.25, 0.3) is 5.91 Å². The zero-order valence-electron chi connectivity index (χ0n) is 10.6. The minimum Gasteiger partial charge on any atom is -0.351 e. The van der Waals surface area contributed by atoms with Crippen LogP contribution in [-0.2, 0) is 10.0 Å². The Bertz CT molecular complexity index is 621. The van der Waals surface area contributed by atoms with Crippen LogP contribution in [0.3, 0.4) is 0 Å². The molecule has 110 valence electrons. The van der Waals surface area contributed by atoms with Gasteiger partial charge in [-0.25, -0.2) is 12.7 Å². The summed E-state index contributed by atoms with van der Waals surface area (Å²) in [5.41, 5.74) is 0.587. The highest BCUT2D eigenvalue weighted by Gasteiger charge is 2.27. The summed E-state index contributed by atoms with van der Waals surface area (Å²) in [5.74, 6) is 0.0251. The van der Waals surface area contributed by atoms with E-state index in [1.807, 2.05) is 12.1 Å². The van der Waals surface area contributed by atoms with Crippen LogP contribution in [0.15, 0.2) is 22.7 Å². The predicted octanol–water partition coefficient (Wildman–Crippen LogP) is 1.82. The van der Waals surface area contributed by atoms with Crippen LogP contribution in [0.1, 0.15) is 16.8 Å². The van der Waals surface area contributed by atoms with Crippen molar-refractivity contribution in [2.45, 2.75) is 6.42 Å². The molecule has 0 radical (unpaired) electrons. The molecule has 0 bridgehead atoms. The SMILES string of the molecule is O=C(NCCN1CCCS1(=O)=O)c1cc(Br)ccc1I. The number of amides is 1. The lowest BCUT2D eigenvalue weighted by molar-refractivity contribution is 0.0951. The van der Waals surface area contributed by atoms with Gasteiger partial charge in [-0.05, 0) is 47.2 Å². The van der Waals surface area contributed by atoms with Crippen LogP contribution in [0.4, 0.5) is 0 Å². The lowest BCUT2D eigenvalue weighted by Gasteiger charge is -2.14. The molecule has 0 unspecified atom stereocenters. The molecule has 0 atom stereocenters. The second-order valence-corrected chi connectivity index (χ2v) is 8.62. The summed E-state index contributed by atoms with van der Waals surface area (Å²) >= 11 is 5.43. The Morgan fingerprint density at radius 1 is 1.45 bits per heavy atom. The van der Waals surface area contributed by atoms with Crippen LogP contribution in [0.5, 0.6) is 0 Å². The molecule has 0 saturated carbocycles. The van der Waals surface area contributed by atoms with Gasteiger partial charge in [0.05, 0.1) is 11.3 Å². The van der Waals surface area contributed by atoms with Crippen molar-refractivity contribution in [2.24, 2.45) is 0 Å². The number of nitrogens with zero attached hydrogens (tertiary/aromatic N) is 1. The van der Waals surface area contributed by atoms with Gasteiger partial charge in [0.2, 0.25) is 10.0 Å². The lowest BCUT2D eigenvalue weighted by Crippen LogP contribution is -2.36. The van der Waals surface area contributed by atoms with Crippen molar-refractivity contribution >= 4 is 54.5 Å². The molecule has 5 nitrogen and oxygen atoms in total. The Morgan fingerprint density at radius 3 is 2.85 bits per heavy atom. The Labute approximate surface area is 140 Å². The molecule has 1 aliphatic heterocycles. The molecule has 1 heterocycles. The quantitative estimate of drug-likeness (QED) is 0.679. The van der Waals surface area contributed by atoms with E-state index in [1.165, 1.54) is 4.31 Å². The number of sulfonamides is 1. The van der Waals surface area contributed by atoms with E-state index in [-0.39, 0.29) is 11.7 Å². The zero-order valence-corrected chi connectivity index (χ0v) is 15.2. The average Bonchev–Trinajstić information content (AvgIpc) is 2.71. The van der Waals surface area contributed by atoms with E-state index in [2.05, 4.69) is 43.8 Å². The van der Waals surface area contributed by atoms with E-state index in [4.69, 9.17) is 0 Å². The Balaban J connectivity index is 1.91. The molecule has 1 fully saturated rings. The summed E-state index contributed by atoms with van der Waals surface area (Å²) in [6.45, 7) is 1.20. The minimum absolute atomic E-state index is 0.188. The fourth-order valence-electron chi connectivity index (χ4n) is 2.00. The van der Waals surface area contributed by atoms with E-state index in [0.717, 1.165) is 8.04 Å². The van der Waals surface area contributed by atoms with Gasteiger partial charge in [0.1, 0.15) is 0 Å². The molecular weight excluding hydrogens is 459 g/mol. The highest BCUT2D eigenvalue weighted by Crippen LogP contribution is 2.18. The molecule has 1 saturated heterocycles. The van der Waals surface area contributed by atoms with Crippen LogP contribution in [0.2, 0.25) is 0 Å². The van der Waals surface area contributed by atoms with Gasteiger partial charge < -0.3 is 5.32 Å². The van der Waals surface area contributed by atoms with Crippen LogP contribution in [0, 0.1) is 3.57 Å². The van der Waals surface area contributed by atoms with E-state index in [1.54, 1.807) is 6.07 Å². The number of carbonyl (C=O) groups excluding carboxylic acids is 1. The smallest absolute Gasteiger partial charge is 0.252 e. The summed E-state index contributed by atoms with van der Waals surface area (Å²) in [6.07, 6.45) is 0.666. The maximum atomic E-state index is 12.0. The van der Waals surface area contributed by atoms with Gasteiger partial charge >= 0.3 is 0 Å². The van der Waals surface area contributed by atoms with Crippen LogP contribution in [-0.4, -0.2) is 44.0 Å². The fraction of sp³-hybridized carbons (Fsp3) is 0.417. The number of hydrogen-bond acceptors (Lipinski definition) is 3. The summed E-state index contributed by atoms with van der Waals surface area (Å²) in [5, 5.41) is 2.76. The van der Waals surface area contributed by atoms with E-state index >= 15 is 0 Å². The second-order valence-electron chi connectivity index (χ2n) is 4.45. The standard InChI is InChI=1S/C12H14BrIN2O3S/c13-9-2-3-11(14)10(8-9)12(17)15-4-6-16-5-1-7-20(16,18)19/h2-3,8H,1,4-7H2,(H,15,17). The number of benzene rings is 1. The normalized spacial score (nSPS) is 18.1. The van der Waals surface area contributed by atoms with Crippen molar-refractivity contribution in [1.82, 2.24) is 9.62 Å². The number of rotatable bonds is 4. The molecule has 1 N–H and O–H groups in total. The van der Waals surface area contributed by atoms with Crippen molar-refractivity contribution in [3.63, 3.8) is 0 Å². The molecular formula is C12H14BrIN2O3S. The molecule has 0 spiro atoms. The van der Waals surface area contributed by atoms with Crippen molar-refractivity contribution in [3.8, 4) is 0 Å². The molecule has 1 aliphatic rings. The third kappa shape index (κ3) is 3.92. The average molecular weight is 473 g/mol. The first-order valence-corrected chi connectivity index (χ1v) is 9.59. The molecule has 20 heavy (non-hydrogen) atoms. The maximum absolute atomic E-state index is 12.0. The summed E-state index contributed by atoms with van der Waals surface area (Å²) in [6, 6.07) is 5.48. The molecule has 2 rings (SSSR count). The second kappa shape index (κ2) is 6.71. The number of carbonyl (C=O) groups is 1. The summed E-state index contributed by atoms with van der Waals surface area (Å²) in [7, 11) is -3.09. The van der Waals surface area contributed by atoms with Crippen molar-refractivity contribution in [2.75, 3.05) is 25.4 Å². The molecule has 1 aromatic carbocycles. The number of nitrogens with one attached hydrogen (secondary N) is 1. The van der Waals surface area contributed by atoms with E-state index in [9.17, 15) is 13.2 Å². The third-order valence-electron chi connectivity index (χ3n) is 3.02. The number of halogens is 2. The highest BCUT2D eigenvalue weighted by atomic mass is 127. The van der Waals surface area contributed by atoms with Gasteiger partial charge in [0, 0.05) is 27.7 Å². The molecule has 1 amide bonds. The van der Waals surface area contributed by atoms with Crippen molar-refractivity contribution in [3.05, 3.63) is 31.8 Å². The van der Waals surface area contributed by atoms with Gasteiger partial charge in [-0.15, -0.1) is 0 Å². The van der Waals surface area contributed by atoms with Gasteiger partial charge in [-0.2, -0.15) is 0 Å². The van der Waals surface area contributed by atoms with Gasteiger partial charge in [-0.1, -0.05) is 15.9 Å². The predicted molar refractivity (Wildman–Crippen MR) is 89.2 cm³/mol. The van der Waals surface area contributed by atoms with E-state index in [0.29, 0.717) is 31.6 Å². The highest BCUT2D eigenvalue weighted by molar-refractivity contribution is 14.1.